The van der Waals surface area contributed by atoms with Gasteiger partial charge in [0.2, 0.25) is 5.82 Å². The predicted molar refractivity (Wildman–Crippen MR) is 71.0 cm³/mol. The fourth-order valence-electron chi connectivity index (χ4n) is 1.49. The zero-order valence-corrected chi connectivity index (χ0v) is 12.7. The summed E-state index contributed by atoms with van der Waals surface area (Å²) in [5.74, 6) is -1.83. The Bertz CT molecular complexity index is 832. The standard InChI is InChI=1S/C12H9F6N3O2S/c1-24(22,12(16,17)18)19-6-7-2-4-8(5-3-7)9-20-10(23-21-9)11(13,14)15/h2-5H,6H2,1H3. The van der Waals surface area contributed by atoms with Crippen molar-refractivity contribution in [2.75, 3.05) is 6.26 Å². The van der Waals surface area contributed by atoms with Gasteiger partial charge in [-0.05, 0) is 5.56 Å². The largest absolute Gasteiger partial charge is 0.478 e. The summed E-state index contributed by atoms with van der Waals surface area (Å²) in [5, 5.41) is 3.18. The molecular formula is C12H9F6N3O2S. The summed E-state index contributed by atoms with van der Waals surface area (Å²) >= 11 is 0. The monoisotopic (exact) mass is 373 g/mol. The minimum Gasteiger partial charge on any atom is -0.329 e. The molecule has 0 fully saturated rings. The number of aromatic nitrogens is 2. The third kappa shape index (κ3) is 4.04. The first-order valence-corrected chi connectivity index (χ1v) is 8.07. The first kappa shape index (κ1) is 18.2. The summed E-state index contributed by atoms with van der Waals surface area (Å²) in [6, 6.07) is 5.21. The van der Waals surface area contributed by atoms with Gasteiger partial charge in [0.15, 0.2) is 0 Å². The molecule has 0 amide bonds. The molecule has 0 radical (unpaired) electrons. The van der Waals surface area contributed by atoms with Crippen LogP contribution in [0.5, 0.6) is 0 Å². The molecule has 0 aliphatic rings. The fraction of sp³-hybridized carbons (Fsp3) is 0.333. The molecule has 0 aliphatic carbocycles. The van der Waals surface area contributed by atoms with E-state index >= 15 is 0 Å². The average molecular weight is 373 g/mol. The maximum Gasteiger partial charge on any atom is 0.478 e. The summed E-state index contributed by atoms with van der Waals surface area (Å²) in [4.78, 5) is 3.18. The molecule has 12 heteroatoms. The van der Waals surface area contributed by atoms with E-state index in [1.54, 1.807) is 0 Å². The summed E-state index contributed by atoms with van der Waals surface area (Å²) in [7, 11) is -4.36. The van der Waals surface area contributed by atoms with Gasteiger partial charge in [0.25, 0.3) is 0 Å². The maximum atomic E-state index is 12.4. The highest BCUT2D eigenvalue weighted by Gasteiger charge is 2.39. The van der Waals surface area contributed by atoms with Crippen molar-refractivity contribution in [1.29, 1.82) is 0 Å². The van der Waals surface area contributed by atoms with Crippen LogP contribution in [0, 0.1) is 0 Å². The van der Waals surface area contributed by atoms with E-state index in [1.165, 1.54) is 24.3 Å². The number of rotatable bonds is 3. The van der Waals surface area contributed by atoms with Crippen molar-refractivity contribution < 1.29 is 35.1 Å². The first-order valence-electron chi connectivity index (χ1n) is 6.14. The lowest BCUT2D eigenvalue weighted by Gasteiger charge is -2.08. The maximum absolute atomic E-state index is 12.4. The van der Waals surface area contributed by atoms with Gasteiger partial charge in [0, 0.05) is 11.8 Å². The Hall–Kier alpha value is -2.11. The van der Waals surface area contributed by atoms with Gasteiger partial charge in [-0.15, -0.1) is 0 Å². The number of hydrogen-bond donors (Lipinski definition) is 0. The van der Waals surface area contributed by atoms with E-state index in [9.17, 15) is 30.6 Å². The minimum atomic E-state index is -4.94. The van der Waals surface area contributed by atoms with E-state index in [1.807, 2.05) is 0 Å². The number of halogens is 6. The van der Waals surface area contributed by atoms with Crippen molar-refractivity contribution >= 4 is 9.73 Å². The molecule has 1 heterocycles. The molecule has 5 nitrogen and oxygen atoms in total. The van der Waals surface area contributed by atoms with Gasteiger partial charge < -0.3 is 4.52 Å². The highest BCUT2D eigenvalue weighted by molar-refractivity contribution is 7.93. The fourth-order valence-corrected chi connectivity index (χ4v) is 2.03. The molecule has 0 spiro atoms. The second-order valence-electron chi connectivity index (χ2n) is 4.65. The predicted octanol–water partition coefficient (Wildman–Crippen LogP) is 3.87. The molecule has 0 N–H and O–H groups in total. The molecule has 2 aromatic rings. The average Bonchev–Trinajstić information content (AvgIpc) is 2.94. The SMILES string of the molecule is CS(=O)(=NCc1ccc(-c2noc(C(F)(F)F)n2)cc1)C(F)(F)F. The van der Waals surface area contributed by atoms with Crippen molar-refractivity contribution in [3.05, 3.63) is 35.7 Å². The van der Waals surface area contributed by atoms with Crippen molar-refractivity contribution in [1.82, 2.24) is 10.1 Å². The lowest BCUT2D eigenvalue weighted by atomic mass is 10.1. The highest BCUT2D eigenvalue weighted by Crippen LogP contribution is 2.29. The van der Waals surface area contributed by atoms with E-state index in [0.717, 1.165) is 0 Å². The Labute approximate surface area is 131 Å². The number of hydrogen-bond acceptors (Lipinski definition) is 5. The molecule has 132 valence electrons. The molecule has 1 aromatic carbocycles. The lowest BCUT2D eigenvalue weighted by Crippen LogP contribution is -2.21. The highest BCUT2D eigenvalue weighted by atomic mass is 32.2. The smallest absolute Gasteiger partial charge is 0.329 e. The summed E-state index contributed by atoms with van der Waals surface area (Å²) in [6.07, 6.45) is -4.29. The summed E-state index contributed by atoms with van der Waals surface area (Å²) in [5.41, 5.74) is -4.48. The Balaban J connectivity index is 2.19. The van der Waals surface area contributed by atoms with Gasteiger partial charge in [-0.1, -0.05) is 29.4 Å². The topological polar surface area (TPSA) is 68.3 Å². The van der Waals surface area contributed by atoms with Crippen LogP contribution in [0.1, 0.15) is 11.5 Å². The third-order valence-electron chi connectivity index (χ3n) is 2.80. The second-order valence-corrected chi connectivity index (χ2v) is 6.98. The van der Waals surface area contributed by atoms with Crippen molar-refractivity contribution in [2.45, 2.75) is 18.2 Å². The third-order valence-corrected chi connectivity index (χ3v) is 4.28. The van der Waals surface area contributed by atoms with Crippen LogP contribution in [-0.4, -0.2) is 26.1 Å². The summed E-state index contributed by atoms with van der Waals surface area (Å²) in [6.45, 7) is -0.463. The molecule has 1 aromatic heterocycles. The molecule has 2 rings (SSSR count). The van der Waals surface area contributed by atoms with Crippen LogP contribution in [0.4, 0.5) is 26.3 Å². The lowest BCUT2D eigenvalue weighted by molar-refractivity contribution is -0.159. The summed E-state index contributed by atoms with van der Waals surface area (Å²) < 4.78 is 92.9. The Morgan fingerprint density at radius 2 is 1.71 bits per heavy atom. The van der Waals surface area contributed by atoms with Crippen molar-refractivity contribution in [2.24, 2.45) is 4.36 Å². The van der Waals surface area contributed by atoms with E-state index in [0.29, 0.717) is 6.26 Å². The van der Waals surface area contributed by atoms with Gasteiger partial charge in [-0.2, -0.15) is 31.3 Å². The van der Waals surface area contributed by atoms with E-state index in [4.69, 9.17) is 0 Å². The van der Waals surface area contributed by atoms with Crippen LogP contribution in [0.15, 0.2) is 33.2 Å². The van der Waals surface area contributed by atoms with Crippen LogP contribution in [0.25, 0.3) is 11.4 Å². The molecule has 24 heavy (non-hydrogen) atoms. The van der Waals surface area contributed by atoms with Gasteiger partial charge in [0.05, 0.1) is 6.54 Å². The van der Waals surface area contributed by atoms with Crippen LogP contribution in [0.3, 0.4) is 0 Å². The van der Waals surface area contributed by atoms with Gasteiger partial charge in [-0.25, -0.2) is 8.57 Å². The number of nitrogens with zero attached hydrogens (tertiary/aromatic N) is 3. The molecular weight excluding hydrogens is 364 g/mol. The molecule has 0 saturated heterocycles. The normalized spacial score (nSPS) is 15.1. The van der Waals surface area contributed by atoms with Crippen LogP contribution in [-0.2, 0) is 22.5 Å². The second kappa shape index (κ2) is 6.07. The first-order chi connectivity index (χ1) is 10.9. The Kier molecular flexibility index (Phi) is 4.61. The number of alkyl halides is 6. The van der Waals surface area contributed by atoms with Crippen molar-refractivity contribution in [3.8, 4) is 11.4 Å². The van der Waals surface area contributed by atoms with Gasteiger partial charge >= 0.3 is 17.6 Å². The zero-order valence-electron chi connectivity index (χ0n) is 11.9. The van der Waals surface area contributed by atoms with E-state index in [2.05, 4.69) is 19.0 Å². The minimum absolute atomic E-state index is 0.172. The quantitative estimate of drug-likeness (QED) is 0.766. The van der Waals surface area contributed by atoms with Crippen LogP contribution < -0.4 is 0 Å². The molecule has 0 aliphatic heterocycles. The van der Waals surface area contributed by atoms with E-state index in [-0.39, 0.29) is 17.0 Å². The molecule has 1 unspecified atom stereocenters. The molecule has 0 saturated carbocycles. The van der Waals surface area contributed by atoms with Crippen LogP contribution >= 0.6 is 0 Å². The zero-order chi connectivity index (χ0) is 18.2. The van der Waals surface area contributed by atoms with E-state index < -0.39 is 33.8 Å². The Morgan fingerprint density at radius 1 is 1.12 bits per heavy atom. The number of benzene rings is 1. The van der Waals surface area contributed by atoms with Gasteiger partial charge in [0.1, 0.15) is 9.73 Å². The molecule has 0 bridgehead atoms. The van der Waals surface area contributed by atoms with Crippen LogP contribution in [0.2, 0.25) is 0 Å². The van der Waals surface area contributed by atoms with Crippen molar-refractivity contribution in [3.63, 3.8) is 0 Å². The Morgan fingerprint density at radius 3 is 2.17 bits per heavy atom. The molecule has 1 atom stereocenters. The van der Waals surface area contributed by atoms with Gasteiger partial charge in [-0.3, -0.25) is 0 Å².